The third kappa shape index (κ3) is 4.35. The van der Waals surface area contributed by atoms with E-state index in [-0.39, 0.29) is 0 Å². The van der Waals surface area contributed by atoms with Gasteiger partial charge in [0.2, 0.25) is 15.2 Å². The molecule has 0 bridgehead atoms. The molecule has 0 spiro atoms. The average molecular weight is 451 g/mol. The summed E-state index contributed by atoms with van der Waals surface area (Å²) in [6, 6.07) is 0. The molecule has 4 heteroatoms. The van der Waals surface area contributed by atoms with Crippen molar-refractivity contribution in [2.75, 3.05) is 0 Å². The molecule has 160 valence electrons. The van der Waals surface area contributed by atoms with Crippen molar-refractivity contribution in [3.8, 4) is 0 Å². The van der Waals surface area contributed by atoms with Gasteiger partial charge in [-0.15, -0.1) is 0 Å². The molecule has 0 atom stereocenters. The van der Waals surface area contributed by atoms with Crippen LogP contribution in [0.4, 0.5) is 0 Å². The molecule has 1 aliphatic rings. The van der Waals surface area contributed by atoms with Crippen molar-refractivity contribution >= 4 is 31.8 Å². The molecule has 0 radical (unpaired) electrons. The smallest absolute Gasteiger partial charge is 0.0601 e. The van der Waals surface area contributed by atoms with Gasteiger partial charge in [-0.1, -0.05) is 69.2 Å². The molecule has 0 aromatic carbocycles. The fraction of sp³-hybridized carbons (Fsp3) is 0.833. The summed E-state index contributed by atoms with van der Waals surface area (Å²) in [7, 11) is -3.95. The fourth-order valence-corrected chi connectivity index (χ4v) is 33.8. The second-order valence-corrected chi connectivity index (χ2v) is 35.7. The normalized spacial score (nSPS) is 17.8. The Kier molecular flexibility index (Phi) is 8.33. The second kappa shape index (κ2) is 8.84. The van der Waals surface area contributed by atoms with Gasteiger partial charge in [-0.3, -0.25) is 0 Å². The summed E-state index contributed by atoms with van der Waals surface area (Å²) < 4.78 is 0. The van der Waals surface area contributed by atoms with Crippen LogP contribution in [0.15, 0.2) is 20.8 Å². The van der Waals surface area contributed by atoms with Crippen molar-refractivity contribution < 1.29 is 0 Å². The van der Waals surface area contributed by atoms with E-state index in [0.29, 0.717) is 10.1 Å². The number of allylic oxidation sites excluding steroid dienone is 4. The highest BCUT2D eigenvalue weighted by Gasteiger charge is 2.69. The quantitative estimate of drug-likeness (QED) is 0.355. The van der Waals surface area contributed by atoms with E-state index >= 15 is 0 Å². The minimum atomic E-state index is -1.41. The summed E-state index contributed by atoms with van der Waals surface area (Å²) in [4.78, 5) is 0. The largest absolute Gasteiger partial charge is 0.337 e. The average Bonchev–Trinajstić information content (AvgIpc) is 2.56. The molecule has 1 rings (SSSR count). The van der Waals surface area contributed by atoms with Crippen LogP contribution in [0.2, 0.25) is 36.3 Å². The van der Waals surface area contributed by atoms with E-state index in [9.17, 15) is 0 Å². The predicted octanol–water partition coefficient (Wildman–Crippen LogP) is 8.55. The van der Waals surface area contributed by atoms with E-state index in [4.69, 9.17) is 0 Å². The van der Waals surface area contributed by atoms with Crippen LogP contribution < -0.4 is 0 Å². The van der Waals surface area contributed by atoms with Crippen LogP contribution >= 0.6 is 0 Å². The van der Waals surface area contributed by atoms with Crippen molar-refractivity contribution in [2.45, 2.75) is 131 Å². The highest BCUT2D eigenvalue weighted by atomic mass is 29.2. The lowest BCUT2D eigenvalue weighted by Crippen LogP contribution is -2.62. The molecule has 28 heavy (non-hydrogen) atoms. The summed E-state index contributed by atoms with van der Waals surface area (Å²) in [5.41, 5.74) is 0. The van der Waals surface area contributed by atoms with Crippen molar-refractivity contribution in [2.24, 2.45) is 0 Å². The molecule has 0 saturated carbocycles. The van der Waals surface area contributed by atoms with Gasteiger partial charge in [0.1, 0.15) is 0 Å². The lowest BCUT2D eigenvalue weighted by Gasteiger charge is -2.39. The van der Waals surface area contributed by atoms with Gasteiger partial charge >= 0.3 is 16.6 Å². The molecular weight excluding hydrogens is 401 g/mol. The van der Waals surface area contributed by atoms with Gasteiger partial charge in [-0.2, -0.15) is 0 Å². The van der Waals surface area contributed by atoms with Gasteiger partial charge in [0.15, 0.2) is 0 Å². The van der Waals surface area contributed by atoms with Crippen molar-refractivity contribution in [1.29, 1.82) is 0 Å². The second-order valence-electron chi connectivity index (χ2n) is 11.8. The first-order chi connectivity index (χ1) is 12.5. The first-order valence-corrected chi connectivity index (χ1v) is 22.7. The van der Waals surface area contributed by atoms with Crippen LogP contribution in [0.3, 0.4) is 0 Å². The van der Waals surface area contributed by atoms with Crippen molar-refractivity contribution in [3.63, 3.8) is 0 Å². The number of hydrogen-bond acceptors (Lipinski definition) is 0. The Morgan fingerprint density at radius 1 is 0.500 bits per heavy atom. The first kappa shape index (κ1) is 26.4. The fourth-order valence-electron chi connectivity index (χ4n) is 4.79. The highest BCUT2D eigenvalue weighted by Crippen LogP contribution is 2.50. The van der Waals surface area contributed by atoms with Gasteiger partial charge in [0.25, 0.3) is 0 Å². The number of rotatable bonds is 6. The molecule has 0 unspecified atom stereocenters. The van der Waals surface area contributed by atoms with Crippen LogP contribution in [-0.4, -0.2) is 31.8 Å². The third-order valence-corrected chi connectivity index (χ3v) is 39.5. The Morgan fingerprint density at radius 3 is 0.786 bits per heavy atom. The highest BCUT2D eigenvalue weighted by molar-refractivity contribution is 7.43. The summed E-state index contributed by atoms with van der Waals surface area (Å²) in [6.07, 6.45) is 5.25. The van der Waals surface area contributed by atoms with E-state index in [1.807, 2.05) is 20.8 Å². The molecule has 0 aromatic heterocycles. The third-order valence-electron chi connectivity index (χ3n) is 8.35. The first-order valence-electron chi connectivity index (χ1n) is 11.7. The molecule has 1 heterocycles. The van der Waals surface area contributed by atoms with E-state index in [0.717, 1.165) is 0 Å². The maximum absolute atomic E-state index is 2.73. The van der Waals surface area contributed by atoms with E-state index < -0.39 is 31.8 Å². The molecule has 0 aliphatic carbocycles. The minimum Gasteiger partial charge on any atom is -0.0601 e. The predicted molar refractivity (Wildman–Crippen MR) is 141 cm³/mol. The standard InChI is InChI=1S/C24H50Si4/c1-15-19-20(16-2)26(28(13,14)24(8,9)10)22(18-4)21(17-3)25(19)27(11,12)23(5,6)7/h15-18H2,1-14H3/q+2. The van der Waals surface area contributed by atoms with Gasteiger partial charge in [0.05, 0.1) is 20.8 Å². The molecule has 0 amide bonds. The Morgan fingerprint density at radius 2 is 0.679 bits per heavy atom. The molecular formula is C24H50Si4+2. The maximum Gasteiger partial charge on any atom is 0.337 e. The van der Waals surface area contributed by atoms with Gasteiger partial charge in [0, 0.05) is 0 Å². The Balaban J connectivity index is 3.97. The molecule has 0 nitrogen and oxygen atoms in total. The Labute approximate surface area is 183 Å². The van der Waals surface area contributed by atoms with Gasteiger partial charge < -0.3 is 0 Å². The summed E-state index contributed by atoms with van der Waals surface area (Å²) >= 11 is 0. The zero-order valence-corrected chi connectivity index (χ0v) is 25.8. The van der Waals surface area contributed by atoms with E-state index in [1.165, 1.54) is 25.7 Å². The van der Waals surface area contributed by atoms with Crippen LogP contribution in [0.25, 0.3) is 0 Å². The summed E-state index contributed by atoms with van der Waals surface area (Å²) in [6.45, 7) is 36.1. The van der Waals surface area contributed by atoms with Crippen LogP contribution in [-0.2, 0) is 0 Å². The monoisotopic (exact) mass is 450 g/mol. The van der Waals surface area contributed by atoms with E-state index in [1.54, 1.807) is 0 Å². The lowest BCUT2D eigenvalue weighted by atomic mass is 10.2. The summed E-state index contributed by atoms with van der Waals surface area (Å²) in [5.74, 6) is 0. The van der Waals surface area contributed by atoms with Crippen molar-refractivity contribution in [3.05, 3.63) is 20.8 Å². The lowest BCUT2D eigenvalue weighted by molar-refractivity contribution is 0.732. The SMILES string of the molecule is CCC1=C(CC)[Si+]([Si](C)(C)C(C)(C)C)C(CC)=C(CC)[Si+]1[Si](C)(C)C(C)(C)C. The molecule has 0 saturated heterocycles. The Hall–Kier alpha value is 0.348. The molecule has 0 N–H and O–H groups in total. The molecule has 0 aromatic rings. The van der Waals surface area contributed by atoms with Gasteiger partial charge in [-0.05, 0) is 61.9 Å². The Bertz CT molecular complexity index is 540. The number of hydrogen-bond donors (Lipinski definition) is 0. The van der Waals surface area contributed by atoms with E-state index in [2.05, 4.69) is 95.4 Å². The molecule has 1 aliphatic heterocycles. The zero-order chi connectivity index (χ0) is 22.3. The molecule has 0 fully saturated rings. The van der Waals surface area contributed by atoms with Crippen LogP contribution in [0, 0.1) is 0 Å². The van der Waals surface area contributed by atoms with Crippen LogP contribution in [0.1, 0.15) is 94.9 Å². The zero-order valence-electron chi connectivity index (χ0n) is 21.8. The van der Waals surface area contributed by atoms with Crippen molar-refractivity contribution in [1.82, 2.24) is 0 Å². The van der Waals surface area contributed by atoms with Crippen LogP contribution in [0.5, 0.6) is 0 Å². The summed E-state index contributed by atoms with van der Waals surface area (Å²) in [5, 5.41) is 8.97. The minimum absolute atomic E-state index is 0.473. The topological polar surface area (TPSA) is 0 Å². The van der Waals surface area contributed by atoms with Gasteiger partial charge in [-0.25, -0.2) is 0 Å². The maximum atomic E-state index is 2.73.